The van der Waals surface area contributed by atoms with Crippen LogP contribution in [0.3, 0.4) is 0 Å². The first-order valence-corrected chi connectivity index (χ1v) is 10.4. The van der Waals surface area contributed by atoms with Gasteiger partial charge in [0.15, 0.2) is 0 Å². The van der Waals surface area contributed by atoms with E-state index in [2.05, 4.69) is 11.8 Å². The van der Waals surface area contributed by atoms with Crippen LogP contribution in [-0.2, 0) is 16.0 Å². The molecule has 1 aromatic carbocycles. The molecule has 1 fully saturated rings. The van der Waals surface area contributed by atoms with Crippen LogP contribution in [0, 0.1) is 11.8 Å². The smallest absolute Gasteiger partial charge is 0.303 e. The second-order valence-corrected chi connectivity index (χ2v) is 7.65. The van der Waals surface area contributed by atoms with Gasteiger partial charge in [0.25, 0.3) is 0 Å². The molecule has 1 aromatic rings. The van der Waals surface area contributed by atoms with Crippen molar-refractivity contribution in [1.82, 2.24) is 4.90 Å². The first kappa shape index (κ1) is 23.0. The second kappa shape index (κ2) is 12.3. The predicted molar refractivity (Wildman–Crippen MR) is 114 cm³/mol. The molecular weight excluding hydrogens is 390 g/mol. The van der Waals surface area contributed by atoms with Gasteiger partial charge in [-0.1, -0.05) is 48.2 Å². The summed E-state index contributed by atoms with van der Waals surface area (Å²) in [5.74, 6) is 5.21. The van der Waals surface area contributed by atoms with Crippen LogP contribution < -0.4 is 0 Å². The molecule has 0 aliphatic carbocycles. The number of carbonyl (C=O) groups is 2. The van der Waals surface area contributed by atoms with Crippen LogP contribution >= 0.6 is 11.6 Å². The molecule has 1 unspecified atom stereocenters. The van der Waals surface area contributed by atoms with Crippen LogP contribution in [0.1, 0.15) is 50.5 Å². The molecule has 156 valence electrons. The predicted octanol–water partition coefficient (Wildman–Crippen LogP) is 3.83. The summed E-state index contributed by atoms with van der Waals surface area (Å²) >= 11 is 5.89. The third-order valence-corrected chi connectivity index (χ3v) is 5.09. The number of hydrogen-bond acceptors (Lipinski definition) is 3. The quantitative estimate of drug-likeness (QED) is 0.383. The van der Waals surface area contributed by atoms with Crippen molar-refractivity contribution in [2.24, 2.45) is 0 Å². The van der Waals surface area contributed by atoms with Gasteiger partial charge in [-0.15, -0.1) is 5.92 Å². The number of carboxylic acids is 1. The number of amides is 1. The third-order valence-electron chi connectivity index (χ3n) is 4.84. The summed E-state index contributed by atoms with van der Waals surface area (Å²) in [7, 11) is 0. The molecule has 29 heavy (non-hydrogen) atoms. The molecule has 0 bridgehead atoms. The average molecular weight is 418 g/mol. The minimum Gasteiger partial charge on any atom is -0.481 e. The van der Waals surface area contributed by atoms with E-state index in [0.717, 1.165) is 24.8 Å². The van der Waals surface area contributed by atoms with Gasteiger partial charge in [0.2, 0.25) is 5.91 Å². The number of aliphatic hydroxyl groups excluding tert-OH is 1. The average Bonchev–Trinajstić information content (AvgIpc) is 2.86. The molecule has 1 aliphatic heterocycles. The van der Waals surface area contributed by atoms with Crippen molar-refractivity contribution in [2.75, 3.05) is 6.54 Å². The fourth-order valence-corrected chi connectivity index (χ4v) is 3.39. The molecular formula is C23H28ClNO4. The lowest BCUT2D eigenvalue weighted by Gasteiger charge is -2.26. The van der Waals surface area contributed by atoms with Crippen LogP contribution in [0.5, 0.6) is 0 Å². The van der Waals surface area contributed by atoms with E-state index in [1.165, 1.54) is 0 Å². The van der Waals surface area contributed by atoms with Crippen molar-refractivity contribution in [1.29, 1.82) is 0 Å². The Kier molecular flexibility index (Phi) is 9.76. The molecule has 1 aliphatic rings. The lowest BCUT2D eigenvalue weighted by molar-refractivity contribution is -0.137. The standard InChI is InChI=1S/C23H28ClNO4/c24-19-12-10-18(11-13-19)17-21(26)15-14-20-7-4-5-8-22(27)25(20)16-6-2-1-3-9-23(28)29/h10-15,20-21,26H,1,3-5,7-9,16-17H2,(H,28,29)/t20-,21?/m1/s1. The molecule has 1 heterocycles. The summed E-state index contributed by atoms with van der Waals surface area (Å²) in [5, 5.41) is 19.7. The first-order chi connectivity index (χ1) is 14.0. The van der Waals surface area contributed by atoms with E-state index in [1.807, 2.05) is 18.2 Å². The molecule has 0 spiro atoms. The first-order valence-electron chi connectivity index (χ1n) is 10.0. The molecule has 5 nitrogen and oxygen atoms in total. The Bertz CT molecular complexity index is 763. The Morgan fingerprint density at radius 1 is 1.28 bits per heavy atom. The van der Waals surface area contributed by atoms with Crippen molar-refractivity contribution in [3.8, 4) is 11.8 Å². The van der Waals surface area contributed by atoms with E-state index in [-0.39, 0.29) is 18.4 Å². The lowest BCUT2D eigenvalue weighted by atomic mass is 10.0. The summed E-state index contributed by atoms with van der Waals surface area (Å²) in [6.45, 7) is 0.328. The Morgan fingerprint density at radius 3 is 2.76 bits per heavy atom. The van der Waals surface area contributed by atoms with Crippen LogP contribution in [0.2, 0.25) is 5.02 Å². The number of benzene rings is 1. The molecule has 1 saturated heterocycles. The van der Waals surface area contributed by atoms with Gasteiger partial charge in [-0.2, -0.15) is 0 Å². The summed E-state index contributed by atoms with van der Waals surface area (Å²) < 4.78 is 0. The van der Waals surface area contributed by atoms with E-state index in [0.29, 0.717) is 37.3 Å². The minimum atomic E-state index is -0.822. The number of halogens is 1. The molecule has 2 N–H and O–H groups in total. The zero-order valence-corrected chi connectivity index (χ0v) is 17.3. The molecule has 2 atom stereocenters. The second-order valence-electron chi connectivity index (χ2n) is 7.22. The van der Waals surface area contributed by atoms with Gasteiger partial charge >= 0.3 is 5.97 Å². The van der Waals surface area contributed by atoms with Gasteiger partial charge < -0.3 is 15.1 Å². The van der Waals surface area contributed by atoms with Crippen molar-refractivity contribution >= 4 is 23.5 Å². The fourth-order valence-electron chi connectivity index (χ4n) is 3.26. The molecule has 0 aromatic heterocycles. The Balaban J connectivity index is 1.94. The number of hydrogen-bond donors (Lipinski definition) is 2. The maximum Gasteiger partial charge on any atom is 0.303 e. The zero-order chi connectivity index (χ0) is 21.1. The summed E-state index contributed by atoms with van der Waals surface area (Å²) in [6, 6.07) is 7.29. The van der Waals surface area contributed by atoms with Gasteiger partial charge in [-0.05, 0) is 37.0 Å². The number of aliphatic hydroxyl groups is 1. The van der Waals surface area contributed by atoms with Gasteiger partial charge in [0.05, 0.1) is 18.7 Å². The van der Waals surface area contributed by atoms with E-state index < -0.39 is 12.1 Å². The highest BCUT2D eigenvalue weighted by molar-refractivity contribution is 6.30. The van der Waals surface area contributed by atoms with E-state index in [9.17, 15) is 14.7 Å². The monoisotopic (exact) mass is 417 g/mol. The van der Waals surface area contributed by atoms with E-state index in [1.54, 1.807) is 23.1 Å². The highest BCUT2D eigenvalue weighted by Crippen LogP contribution is 2.19. The Morgan fingerprint density at radius 2 is 2.03 bits per heavy atom. The number of rotatable bonds is 8. The van der Waals surface area contributed by atoms with Gasteiger partial charge in [-0.3, -0.25) is 9.59 Å². The van der Waals surface area contributed by atoms with Gasteiger partial charge in [-0.25, -0.2) is 0 Å². The number of aliphatic carboxylic acids is 1. The van der Waals surface area contributed by atoms with Crippen molar-refractivity contribution in [3.05, 3.63) is 47.0 Å². The molecule has 0 saturated carbocycles. The fraction of sp³-hybridized carbons (Fsp3) is 0.478. The summed E-state index contributed by atoms with van der Waals surface area (Å²) in [6.07, 6.45) is 7.81. The normalized spacial score (nSPS) is 18.2. The highest BCUT2D eigenvalue weighted by atomic mass is 35.5. The largest absolute Gasteiger partial charge is 0.481 e. The van der Waals surface area contributed by atoms with Gasteiger partial charge in [0.1, 0.15) is 0 Å². The number of carboxylic acid groups (broad SMARTS) is 1. The number of carbonyl (C=O) groups excluding carboxylic acids is 1. The van der Waals surface area contributed by atoms with Crippen molar-refractivity contribution in [3.63, 3.8) is 0 Å². The topological polar surface area (TPSA) is 77.8 Å². The van der Waals surface area contributed by atoms with Crippen LogP contribution in [0.15, 0.2) is 36.4 Å². The lowest BCUT2D eigenvalue weighted by Crippen LogP contribution is -2.38. The zero-order valence-electron chi connectivity index (χ0n) is 16.5. The summed E-state index contributed by atoms with van der Waals surface area (Å²) in [4.78, 5) is 24.8. The minimum absolute atomic E-state index is 0.0733. The molecule has 1 amide bonds. The number of nitrogens with zero attached hydrogens (tertiary/aromatic N) is 1. The number of likely N-dealkylation sites (tertiary alicyclic amines) is 1. The Labute approximate surface area is 177 Å². The maximum absolute atomic E-state index is 12.5. The summed E-state index contributed by atoms with van der Waals surface area (Å²) in [5.41, 5.74) is 0.993. The van der Waals surface area contributed by atoms with Crippen molar-refractivity contribution < 1.29 is 19.8 Å². The Hall–Kier alpha value is -2.29. The van der Waals surface area contributed by atoms with Crippen LogP contribution in [0.25, 0.3) is 0 Å². The molecule has 6 heteroatoms. The molecule has 0 radical (unpaired) electrons. The highest BCUT2D eigenvalue weighted by Gasteiger charge is 2.23. The number of unbranched alkanes of at least 4 members (excludes halogenated alkanes) is 1. The van der Waals surface area contributed by atoms with Gasteiger partial charge in [0, 0.05) is 30.7 Å². The third kappa shape index (κ3) is 8.72. The SMILES string of the molecule is O=C(O)CCCC#CCN1C(=O)CCCC[C@@H]1C=CC(O)Cc1ccc(Cl)cc1. The van der Waals surface area contributed by atoms with Crippen LogP contribution in [0.4, 0.5) is 0 Å². The van der Waals surface area contributed by atoms with Crippen LogP contribution in [-0.4, -0.2) is 45.7 Å². The van der Waals surface area contributed by atoms with E-state index in [4.69, 9.17) is 16.7 Å². The van der Waals surface area contributed by atoms with Crippen molar-refractivity contribution in [2.45, 2.75) is 63.5 Å². The molecule has 2 rings (SSSR count). The van der Waals surface area contributed by atoms with E-state index >= 15 is 0 Å². The maximum atomic E-state index is 12.5.